The van der Waals surface area contributed by atoms with Crippen molar-refractivity contribution >= 4 is 34.4 Å². The van der Waals surface area contributed by atoms with Gasteiger partial charge >= 0.3 is 5.69 Å². The largest absolute Gasteiger partial charge is 0.325 e. The van der Waals surface area contributed by atoms with Gasteiger partial charge in [-0.25, -0.2) is 4.79 Å². The van der Waals surface area contributed by atoms with E-state index in [0.29, 0.717) is 28.4 Å². The van der Waals surface area contributed by atoms with Crippen LogP contribution in [0.5, 0.6) is 0 Å². The van der Waals surface area contributed by atoms with Crippen LogP contribution in [0, 0.1) is 0 Å². The highest BCUT2D eigenvalue weighted by Crippen LogP contribution is 2.24. The zero-order chi connectivity index (χ0) is 22.7. The molecule has 10 heteroatoms. The van der Waals surface area contributed by atoms with Crippen molar-refractivity contribution in [3.05, 3.63) is 70.4 Å². The van der Waals surface area contributed by atoms with Gasteiger partial charge in [-0.3, -0.25) is 9.69 Å². The van der Waals surface area contributed by atoms with Gasteiger partial charge in [-0.15, -0.1) is 10.2 Å². The molecule has 0 bridgehead atoms. The number of hydrogen-bond donors (Lipinski definition) is 3. The first kappa shape index (κ1) is 21.8. The standard InChI is InChI=1S/C22H25N7O2S/c1-14(28(2)3)20-26-27-22(29(20)12-15-7-5-4-6-8-15)32-13-19(30)23-16-9-10-17-18(11-16)25-21(31)24-17/h4-11,14H,12-13H2,1-3H3,(H,23,30)(H2,24,25,31)/t14-/m0/s1. The number of nitrogens with one attached hydrogen (secondary N) is 3. The van der Waals surface area contributed by atoms with Gasteiger partial charge in [-0.2, -0.15) is 0 Å². The average Bonchev–Trinajstić information content (AvgIpc) is 3.34. The summed E-state index contributed by atoms with van der Waals surface area (Å²) in [6, 6.07) is 15.4. The van der Waals surface area contributed by atoms with Crippen LogP contribution < -0.4 is 11.0 Å². The van der Waals surface area contributed by atoms with Crippen molar-refractivity contribution in [2.24, 2.45) is 0 Å². The van der Waals surface area contributed by atoms with E-state index in [4.69, 9.17) is 0 Å². The molecule has 0 aliphatic rings. The average molecular weight is 452 g/mol. The van der Waals surface area contributed by atoms with Crippen molar-refractivity contribution in [1.29, 1.82) is 0 Å². The van der Waals surface area contributed by atoms with Gasteiger partial charge in [0.1, 0.15) is 0 Å². The van der Waals surface area contributed by atoms with Gasteiger partial charge in [0.2, 0.25) is 5.91 Å². The van der Waals surface area contributed by atoms with Gasteiger partial charge in [0.15, 0.2) is 11.0 Å². The Bertz CT molecular complexity index is 1280. The number of aromatic amines is 2. The Labute approximate surface area is 189 Å². The fraction of sp³-hybridized carbons (Fsp3) is 0.273. The number of nitrogens with zero attached hydrogens (tertiary/aromatic N) is 4. The number of imidazole rings is 1. The molecule has 0 unspecified atom stereocenters. The van der Waals surface area contributed by atoms with E-state index in [2.05, 4.69) is 54.0 Å². The second kappa shape index (κ2) is 9.41. The molecule has 4 rings (SSSR count). The lowest BCUT2D eigenvalue weighted by atomic mass is 10.2. The molecular formula is C22H25N7O2S. The lowest BCUT2D eigenvalue weighted by Crippen LogP contribution is -2.21. The second-order valence-electron chi connectivity index (χ2n) is 7.73. The lowest BCUT2D eigenvalue weighted by Gasteiger charge is -2.20. The van der Waals surface area contributed by atoms with Crippen LogP contribution in [0.3, 0.4) is 0 Å². The topological polar surface area (TPSA) is 112 Å². The number of carbonyl (C=O) groups is 1. The van der Waals surface area contributed by atoms with Crippen molar-refractivity contribution < 1.29 is 4.79 Å². The third kappa shape index (κ3) is 4.92. The summed E-state index contributed by atoms with van der Waals surface area (Å²) in [7, 11) is 4.00. The van der Waals surface area contributed by atoms with Crippen molar-refractivity contribution in [2.45, 2.75) is 24.7 Å². The molecular weight excluding hydrogens is 426 g/mol. The summed E-state index contributed by atoms with van der Waals surface area (Å²) in [6.07, 6.45) is 0. The highest BCUT2D eigenvalue weighted by Gasteiger charge is 2.20. The van der Waals surface area contributed by atoms with Crippen molar-refractivity contribution in [1.82, 2.24) is 29.6 Å². The number of amides is 1. The molecule has 3 N–H and O–H groups in total. The van der Waals surface area contributed by atoms with E-state index in [1.165, 1.54) is 11.8 Å². The second-order valence-corrected chi connectivity index (χ2v) is 8.67. The summed E-state index contributed by atoms with van der Waals surface area (Å²) in [4.78, 5) is 31.4. The highest BCUT2D eigenvalue weighted by molar-refractivity contribution is 7.99. The number of anilines is 1. The zero-order valence-electron chi connectivity index (χ0n) is 18.1. The van der Waals surface area contributed by atoms with Gasteiger partial charge in [0.05, 0.1) is 29.4 Å². The molecule has 0 saturated heterocycles. The number of hydrogen-bond acceptors (Lipinski definition) is 6. The maximum absolute atomic E-state index is 12.6. The smallest absolute Gasteiger partial charge is 0.323 e. The molecule has 0 radical (unpaired) electrons. The number of thioether (sulfide) groups is 1. The quantitative estimate of drug-likeness (QED) is 0.355. The van der Waals surface area contributed by atoms with E-state index in [0.717, 1.165) is 11.4 Å². The number of aromatic nitrogens is 5. The molecule has 2 heterocycles. The molecule has 166 valence electrons. The number of benzene rings is 2. The predicted molar refractivity (Wildman–Crippen MR) is 126 cm³/mol. The van der Waals surface area contributed by atoms with Crippen LogP contribution in [0.15, 0.2) is 58.5 Å². The first-order chi connectivity index (χ1) is 15.4. The summed E-state index contributed by atoms with van der Waals surface area (Å²) in [5.41, 5.74) is 2.81. The Kier molecular flexibility index (Phi) is 6.42. The van der Waals surface area contributed by atoms with Gasteiger partial charge in [-0.1, -0.05) is 42.1 Å². The normalized spacial score (nSPS) is 12.4. The zero-order valence-corrected chi connectivity index (χ0v) is 18.9. The van der Waals surface area contributed by atoms with Gasteiger partial charge in [-0.05, 0) is 44.8 Å². The third-order valence-corrected chi connectivity index (χ3v) is 6.18. The van der Waals surface area contributed by atoms with Crippen LogP contribution in [0.1, 0.15) is 24.4 Å². The molecule has 1 amide bonds. The monoisotopic (exact) mass is 451 g/mol. The van der Waals surface area contributed by atoms with Crippen LogP contribution >= 0.6 is 11.8 Å². The van der Waals surface area contributed by atoms with Crippen LogP contribution in [-0.4, -0.2) is 55.4 Å². The summed E-state index contributed by atoms with van der Waals surface area (Å²) in [5, 5.41) is 12.3. The SMILES string of the molecule is C[C@@H](c1nnc(SCC(=O)Nc2ccc3[nH]c(=O)[nH]c3c2)n1Cc1ccccc1)N(C)C. The number of fused-ring (bicyclic) bond motifs is 1. The minimum atomic E-state index is -0.278. The molecule has 0 spiro atoms. The maximum Gasteiger partial charge on any atom is 0.323 e. The predicted octanol–water partition coefficient (Wildman–Crippen LogP) is 2.85. The van der Waals surface area contributed by atoms with Crippen molar-refractivity contribution in [3.8, 4) is 0 Å². The molecule has 0 fully saturated rings. The van der Waals surface area contributed by atoms with Crippen molar-refractivity contribution in [2.75, 3.05) is 25.2 Å². The van der Waals surface area contributed by atoms with E-state index in [-0.39, 0.29) is 23.4 Å². The minimum Gasteiger partial charge on any atom is -0.325 e. The highest BCUT2D eigenvalue weighted by atomic mass is 32.2. The number of H-pyrrole nitrogens is 2. The van der Waals surface area contributed by atoms with Gasteiger partial charge in [0, 0.05) is 5.69 Å². The molecule has 0 aliphatic carbocycles. The number of carbonyl (C=O) groups excluding carboxylic acids is 1. The van der Waals surface area contributed by atoms with E-state index in [9.17, 15) is 9.59 Å². The summed E-state index contributed by atoms with van der Waals surface area (Å²) in [5.74, 6) is 0.873. The maximum atomic E-state index is 12.6. The van der Waals surface area contributed by atoms with Crippen LogP contribution in [0.25, 0.3) is 11.0 Å². The van der Waals surface area contributed by atoms with E-state index < -0.39 is 0 Å². The molecule has 4 aromatic rings. The molecule has 0 aliphatic heterocycles. The molecule has 9 nitrogen and oxygen atoms in total. The van der Waals surface area contributed by atoms with Crippen LogP contribution in [-0.2, 0) is 11.3 Å². The van der Waals surface area contributed by atoms with E-state index in [1.54, 1.807) is 18.2 Å². The third-order valence-electron chi connectivity index (χ3n) is 5.21. The summed E-state index contributed by atoms with van der Waals surface area (Å²) < 4.78 is 2.06. The first-order valence-corrected chi connectivity index (χ1v) is 11.2. The summed E-state index contributed by atoms with van der Waals surface area (Å²) in [6.45, 7) is 2.71. The number of rotatable bonds is 8. The van der Waals surface area contributed by atoms with Crippen LogP contribution in [0.4, 0.5) is 5.69 Å². The Morgan fingerprint density at radius 1 is 1.12 bits per heavy atom. The van der Waals surface area contributed by atoms with Gasteiger partial charge < -0.3 is 19.9 Å². The molecule has 32 heavy (non-hydrogen) atoms. The Balaban J connectivity index is 1.48. The first-order valence-electron chi connectivity index (χ1n) is 10.2. The Morgan fingerprint density at radius 3 is 2.62 bits per heavy atom. The Hall–Kier alpha value is -3.37. The van der Waals surface area contributed by atoms with E-state index in [1.807, 2.05) is 32.3 Å². The summed E-state index contributed by atoms with van der Waals surface area (Å²) >= 11 is 1.35. The Morgan fingerprint density at radius 2 is 1.88 bits per heavy atom. The molecule has 1 atom stereocenters. The lowest BCUT2D eigenvalue weighted by molar-refractivity contribution is -0.113. The molecule has 0 saturated carbocycles. The molecule has 2 aromatic heterocycles. The fourth-order valence-corrected chi connectivity index (χ4v) is 4.04. The van der Waals surface area contributed by atoms with E-state index >= 15 is 0 Å². The van der Waals surface area contributed by atoms with Crippen LogP contribution in [0.2, 0.25) is 0 Å². The van der Waals surface area contributed by atoms with Gasteiger partial charge in [0.25, 0.3) is 0 Å². The van der Waals surface area contributed by atoms with Crippen molar-refractivity contribution in [3.63, 3.8) is 0 Å². The fourth-order valence-electron chi connectivity index (χ4n) is 3.30. The minimum absolute atomic E-state index is 0.0737. The molecule has 2 aromatic carbocycles.